The number of aromatic carboxylic acids is 1. The largest absolute Gasteiger partial charge is 0.478 e. The van der Waals surface area contributed by atoms with Gasteiger partial charge in [0.2, 0.25) is 0 Å². The van der Waals surface area contributed by atoms with Crippen LogP contribution < -0.4 is 0 Å². The molecule has 0 radical (unpaired) electrons. The van der Waals surface area contributed by atoms with Gasteiger partial charge in [-0.15, -0.1) is 0 Å². The van der Waals surface area contributed by atoms with E-state index in [0.29, 0.717) is 23.0 Å². The molecular weight excluding hydrogens is 220 g/mol. The first-order chi connectivity index (χ1) is 8.08. The topological polar surface area (TPSA) is 88.9 Å². The molecule has 0 atom stereocenters. The van der Waals surface area contributed by atoms with Gasteiger partial charge in [0.1, 0.15) is 11.5 Å². The summed E-state index contributed by atoms with van der Waals surface area (Å²) in [6, 6.07) is 1.68. The molecule has 86 valence electrons. The van der Waals surface area contributed by atoms with Crippen LogP contribution in [0.25, 0.3) is 11.5 Å². The fourth-order valence-electron chi connectivity index (χ4n) is 1.38. The van der Waals surface area contributed by atoms with Gasteiger partial charge in [0.15, 0.2) is 5.82 Å². The Kier molecular flexibility index (Phi) is 2.78. The molecule has 0 aliphatic heterocycles. The summed E-state index contributed by atoms with van der Waals surface area (Å²) in [6.45, 7) is 3.39. The Balaban J connectivity index is 2.48. The summed E-state index contributed by atoms with van der Waals surface area (Å²) in [6.07, 6.45) is 2.90. The zero-order valence-electron chi connectivity index (χ0n) is 9.38. The highest BCUT2D eigenvalue weighted by Gasteiger charge is 2.11. The molecule has 0 aromatic carbocycles. The number of aryl methyl sites for hydroxylation is 2. The van der Waals surface area contributed by atoms with Gasteiger partial charge in [0, 0.05) is 12.4 Å². The normalized spacial score (nSPS) is 10.2. The molecule has 0 fully saturated rings. The van der Waals surface area contributed by atoms with E-state index in [2.05, 4.69) is 19.9 Å². The highest BCUT2D eigenvalue weighted by Crippen LogP contribution is 2.13. The first-order valence-electron chi connectivity index (χ1n) is 4.95. The van der Waals surface area contributed by atoms with Gasteiger partial charge in [-0.3, -0.25) is 0 Å². The smallest absolute Gasteiger partial charge is 0.339 e. The summed E-state index contributed by atoms with van der Waals surface area (Å²) in [5.41, 5.74) is 1.09. The Labute approximate surface area is 97.4 Å². The maximum Gasteiger partial charge on any atom is 0.339 e. The lowest BCUT2D eigenvalue weighted by Gasteiger charge is -2.03. The molecule has 0 unspecified atom stereocenters. The first kappa shape index (κ1) is 11.1. The number of hydrogen-bond acceptors (Lipinski definition) is 5. The van der Waals surface area contributed by atoms with Crippen molar-refractivity contribution in [3.63, 3.8) is 0 Å². The Hall–Kier alpha value is -2.37. The van der Waals surface area contributed by atoms with Crippen molar-refractivity contribution in [1.82, 2.24) is 19.9 Å². The molecule has 2 aromatic rings. The van der Waals surface area contributed by atoms with Crippen molar-refractivity contribution in [3.8, 4) is 11.5 Å². The van der Waals surface area contributed by atoms with Crippen LogP contribution in [0.2, 0.25) is 0 Å². The van der Waals surface area contributed by atoms with Gasteiger partial charge in [-0.05, 0) is 19.9 Å². The predicted molar refractivity (Wildman–Crippen MR) is 59.5 cm³/mol. The van der Waals surface area contributed by atoms with Crippen LogP contribution in [0.3, 0.4) is 0 Å². The van der Waals surface area contributed by atoms with Crippen LogP contribution in [-0.2, 0) is 0 Å². The molecule has 6 heteroatoms. The SMILES string of the molecule is Cc1nccc(-c2ncc(C(=O)O)c(C)n2)n1. The Morgan fingerprint density at radius 3 is 2.59 bits per heavy atom. The fraction of sp³-hybridized carbons (Fsp3) is 0.182. The van der Waals surface area contributed by atoms with Gasteiger partial charge >= 0.3 is 5.97 Å². The Morgan fingerprint density at radius 2 is 2.00 bits per heavy atom. The van der Waals surface area contributed by atoms with Crippen LogP contribution in [0.5, 0.6) is 0 Å². The number of carbonyl (C=O) groups is 1. The minimum Gasteiger partial charge on any atom is -0.478 e. The molecule has 2 rings (SSSR count). The quantitative estimate of drug-likeness (QED) is 0.835. The second-order valence-electron chi connectivity index (χ2n) is 3.49. The molecule has 0 amide bonds. The molecular formula is C11H10N4O2. The predicted octanol–water partition coefficient (Wildman–Crippen LogP) is 1.25. The van der Waals surface area contributed by atoms with Crippen LogP contribution in [0.15, 0.2) is 18.5 Å². The van der Waals surface area contributed by atoms with Crippen molar-refractivity contribution >= 4 is 5.97 Å². The fourth-order valence-corrected chi connectivity index (χ4v) is 1.38. The van der Waals surface area contributed by atoms with Gasteiger partial charge < -0.3 is 5.11 Å². The standard InChI is InChI=1S/C11H10N4O2/c1-6-8(11(16)17)5-13-10(14-6)9-3-4-12-7(2)15-9/h3-5H,1-2H3,(H,16,17). The maximum atomic E-state index is 10.8. The van der Waals surface area contributed by atoms with Gasteiger partial charge in [-0.1, -0.05) is 0 Å². The molecule has 0 aliphatic rings. The third-order valence-corrected chi connectivity index (χ3v) is 2.21. The highest BCUT2D eigenvalue weighted by molar-refractivity contribution is 5.88. The molecule has 1 N–H and O–H groups in total. The summed E-state index contributed by atoms with van der Waals surface area (Å²) in [5, 5.41) is 8.87. The van der Waals surface area contributed by atoms with E-state index in [0.717, 1.165) is 0 Å². The number of hydrogen-bond donors (Lipinski definition) is 1. The minimum absolute atomic E-state index is 0.0968. The van der Waals surface area contributed by atoms with E-state index >= 15 is 0 Å². The van der Waals surface area contributed by atoms with Crippen molar-refractivity contribution in [2.45, 2.75) is 13.8 Å². The Bertz CT molecular complexity index is 583. The van der Waals surface area contributed by atoms with Crippen LogP contribution in [-0.4, -0.2) is 31.0 Å². The third-order valence-electron chi connectivity index (χ3n) is 2.21. The van der Waals surface area contributed by atoms with E-state index < -0.39 is 5.97 Å². The average molecular weight is 230 g/mol. The molecule has 2 heterocycles. The second kappa shape index (κ2) is 4.25. The zero-order valence-corrected chi connectivity index (χ0v) is 9.38. The maximum absolute atomic E-state index is 10.8. The van der Waals surface area contributed by atoms with Crippen molar-refractivity contribution in [2.75, 3.05) is 0 Å². The summed E-state index contributed by atoms with van der Waals surface area (Å²) in [7, 11) is 0. The lowest BCUT2D eigenvalue weighted by Crippen LogP contribution is -2.05. The highest BCUT2D eigenvalue weighted by atomic mass is 16.4. The van der Waals surface area contributed by atoms with E-state index in [1.807, 2.05) is 0 Å². The van der Waals surface area contributed by atoms with E-state index in [-0.39, 0.29) is 5.56 Å². The summed E-state index contributed by atoms with van der Waals surface area (Å²) in [5.74, 6) is -0.0167. The molecule has 0 saturated heterocycles. The van der Waals surface area contributed by atoms with E-state index in [1.54, 1.807) is 26.1 Å². The monoisotopic (exact) mass is 230 g/mol. The second-order valence-corrected chi connectivity index (χ2v) is 3.49. The minimum atomic E-state index is -1.03. The van der Waals surface area contributed by atoms with Crippen LogP contribution in [0, 0.1) is 13.8 Å². The van der Waals surface area contributed by atoms with E-state index in [9.17, 15) is 4.79 Å². The van der Waals surface area contributed by atoms with Crippen molar-refractivity contribution in [3.05, 3.63) is 35.5 Å². The molecule has 0 bridgehead atoms. The van der Waals surface area contributed by atoms with Crippen molar-refractivity contribution in [2.24, 2.45) is 0 Å². The van der Waals surface area contributed by atoms with Crippen LogP contribution in [0.4, 0.5) is 0 Å². The lowest BCUT2D eigenvalue weighted by molar-refractivity contribution is 0.0695. The number of rotatable bonds is 2. The molecule has 0 saturated carbocycles. The molecule has 2 aromatic heterocycles. The van der Waals surface area contributed by atoms with E-state index in [4.69, 9.17) is 5.11 Å². The third kappa shape index (κ3) is 2.25. The van der Waals surface area contributed by atoms with Crippen LogP contribution >= 0.6 is 0 Å². The molecule has 0 spiro atoms. The van der Waals surface area contributed by atoms with Gasteiger partial charge in [-0.25, -0.2) is 24.7 Å². The summed E-state index contributed by atoms with van der Waals surface area (Å²) >= 11 is 0. The van der Waals surface area contributed by atoms with Crippen molar-refractivity contribution in [1.29, 1.82) is 0 Å². The first-order valence-corrected chi connectivity index (χ1v) is 4.95. The zero-order chi connectivity index (χ0) is 12.4. The number of carboxylic acids is 1. The van der Waals surface area contributed by atoms with E-state index in [1.165, 1.54) is 6.20 Å². The van der Waals surface area contributed by atoms with Gasteiger partial charge in [-0.2, -0.15) is 0 Å². The summed E-state index contributed by atoms with van der Waals surface area (Å²) < 4.78 is 0. The van der Waals surface area contributed by atoms with Crippen LogP contribution in [0.1, 0.15) is 21.9 Å². The number of nitrogens with zero attached hydrogens (tertiary/aromatic N) is 4. The van der Waals surface area contributed by atoms with Gasteiger partial charge in [0.25, 0.3) is 0 Å². The summed E-state index contributed by atoms with van der Waals surface area (Å²) in [4.78, 5) is 27.1. The Morgan fingerprint density at radius 1 is 1.24 bits per heavy atom. The number of carboxylic acid groups (broad SMARTS) is 1. The number of aromatic nitrogens is 4. The average Bonchev–Trinajstić information content (AvgIpc) is 2.28. The van der Waals surface area contributed by atoms with Crippen molar-refractivity contribution < 1.29 is 9.90 Å². The molecule has 6 nitrogen and oxygen atoms in total. The lowest BCUT2D eigenvalue weighted by atomic mass is 10.2. The van der Waals surface area contributed by atoms with Gasteiger partial charge in [0.05, 0.1) is 11.3 Å². The molecule has 0 aliphatic carbocycles. The molecule has 17 heavy (non-hydrogen) atoms.